The minimum Gasteiger partial charge on any atom is -0.309 e. The largest absolute Gasteiger partial charge is 0.309 e. The van der Waals surface area contributed by atoms with Gasteiger partial charge in [0, 0.05) is 22.1 Å². The molecular weight excluding hydrogens is 567 g/mol. The summed E-state index contributed by atoms with van der Waals surface area (Å²) in [5, 5.41) is 2.66. The number of allylic oxidation sites excluding steroid dienone is 4. The summed E-state index contributed by atoms with van der Waals surface area (Å²) < 4.78 is 0. The Labute approximate surface area is 277 Å². The van der Waals surface area contributed by atoms with E-state index in [0.717, 1.165) is 12.8 Å². The Morgan fingerprint density at radius 2 is 1.21 bits per heavy atom. The molecule has 6 aromatic rings. The number of fused-ring (bicyclic) bond motifs is 8. The van der Waals surface area contributed by atoms with Gasteiger partial charge in [0.05, 0.1) is 11.4 Å². The van der Waals surface area contributed by atoms with Crippen molar-refractivity contribution in [3.05, 3.63) is 156 Å². The van der Waals surface area contributed by atoms with Crippen LogP contribution in [-0.4, -0.2) is 0 Å². The third kappa shape index (κ3) is 3.90. The van der Waals surface area contributed by atoms with Crippen molar-refractivity contribution in [2.75, 3.05) is 4.90 Å². The molecule has 0 unspecified atom stereocenters. The van der Waals surface area contributed by atoms with Crippen LogP contribution in [0.1, 0.15) is 61.6 Å². The van der Waals surface area contributed by atoms with Crippen molar-refractivity contribution in [1.82, 2.24) is 0 Å². The first-order chi connectivity index (χ1) is 23.3. The second-order valence-corrected chi connectivity index (χ2v) is 13.8. The van der Waals surface area contributed by atoms with Crippen molar-refractivity contribution in [2.45, 2.75) is 50.4 Å². The zero-order chi connectivity index (χ0) is 31.0. The lowest BCUT2D eigenvalue weighted by molar-refractivity contribution is 0.353. The molecule has 0 aliphatic heterocycles. The van der Waals surface area contributed by atoms with Gasteiger partial charge < -0.3 is 4.90 Å². The first-order valence-corrected chi connectivity index (χ1v) is 17.5. The normalized spacial score (nSPS) is 16.6. The van der Waals surface area contributed by atoms with Crippen LogP contribution in [0.3, 0.4) is 0 Å². The predicted molar refractivity (Wildman–Crippen MR) is 199 cm³/mol. The van der Waals surface area contributed by atoms with Gasteiger partial charge >= 0.3 is 0 Å². The maximum Gasteiger partial charge on any atom is 0.0543 e. The molecule has 0 bridgehead atoms. The minimum absolute atomic E-state index is 0.110. The molecule has 0 N–H and O–H groups in total. The Bertz CT molecular complexity index is 2250. The predicted octanol–water partition coefficient (Wildman–Crippen LogP) is 12.9. The molecule has 0 heterocycles. The van der Waals surface area contributed by atoms with Crippen molar-refractivity contribution < 1.29 is 0 Å². The molecule has 0 atom stereocenters. The van der Waals surface area contributed by atoms with E-state index in [1.165, 1.54) is 116 Å². The molecule has 47 heavy (non-hydrogen) atoms. The Morgan fingerprint density at radius 1 is 0.511 bits per heavy atom. The quantitative estimate of drug-likeness (QED) is 0.193. The molecular formula is C46H37N. The van der Waals surface area contributed by atoms with E-state index in [4.69, 9.17) is 0 Å². The maximum atomic E-state index is 2.57. The topological polar surface area (TPSA) is 3.24 Å². The summed E-state index contributed by atoms with van der Waals surface area (Å²) in [6, 6.07) is 46.3. The standard InChI is InChI=1S/C46H37N/c1-3-13-31(14-4-1)32-23-25-33(26-24-32)47(42-28-27-37-35-16-6-5-15-34(35)36-18-11-19-39(42)44(36)37)43-22-12-21-41-45(43)38-17-7-8-20-40(38)46(41)29-9-2-10-30-46/h3,5-8,11-28H,1-2,4,9-10,29-30H2. The van der Waals surface area contributed by atoms with E-state index in [1.807, 2.05) is 0 Å². The lowest BCUT2D eigenvalue weighted by atomic mass is 9.68. The Balaban J connectivity index is 1.24. The van der Waals surface area contributed by atoms with Gasteiger partial charge in [-0.15, -0.1) is 0 Å². The molecule has 4 aliphatic carbocycles. The van der Waals surface area contributed by atoms with Crippen LogP contribution < -0.4 is 4.90 Å². The van der Waals surface area contributed by atoms with Crippen molar-refractivity contribution in [1.29, 1.82) is 0 Å². The number of nitrogens with zero attached hydrogens (tertiary/aromatic N) is 1. The summed E-state index contributed by atoms with van der Waals surface area (Å²) in [7, 11) is 0. The lowest BCUT2D eigenvalue weighted by Gasteiger charge is -2.36. The van der Waals surface area contributed by atoms with Crippen LogP contribution in [0, 0.1) is 0 Å². The van der Waals surface area contributed by atoms with Gasteiger partial charge in [0.15, 0.2) is 0 Å². The molecule has 226 valence electrons. The van der Waals surface area contributed by atoms with Crippen molar-refractivity contribution in [2.24, 2.45) is 0 Å². The van der Waals surface area contributed by atoms with E-state index in [9.17, 15) is 0 Å². The van der Waals surface area contributed by atoms with Gasteiger partial charge in [0.2, 0.25) is 0 Å². The molecule has 0 amide bonds. The highest BCUT2D eigenvalue weighted by Gasteiger charge is 2.45. The summed E-state index contributed by atoms with van der Waals surface area (Å²) in [6.07, 6.45) is 15.6. The highest BCUT2D eigenvalue weighted by Crippen LogP contribution is 2.60. The summed E-state index contributed by atoms with van der Waals surface area (Å²) in [5.74, 6) is 0. The summed E-state index contributed by atoms with van der Waals surface area (Å²) in [6.45, 7) is 0. The van der Waals surface area contributed by atoms with Gasteiger partial charge in [-0.2, -0.15) is 0 Å². The fourth-order valence-corrected chi connectivity index (χ4v) is 9.39. The van der Waals surface area contributed by atoms with Crippen molar-refractivity contribution in [3.63, 3.8) is 0 Å². The molecule has 4 aliphatic rings. The molecule has 1 saturated carbocycles. The van der Waals surface area contributed by atoms with Crippen molar-refractivity contribution in [3.8, 4) is 33.4 Å². The van der Waals surface area contributed by atoms with Crippen LogP contribution >= 0.6 is 0 Å². The SMILES string of the molecule is C1=CC(c2ccc(N(c3cccc4c3-c3ccccc3C43CCCCC3)c3ccc4c5c(cccc35)-c3ccccc3-4)cc2)=CCC1. The lowest BCUT2D eigenvalue weighted by Crippen LogP contribution is -2.28. The van der Waals surface area contributed by atoms with Crippen LogP contribution in [0.5, 0.6) is 0 Å². The molecule has 0 saturated heterocycles. The van der Waals surface area contributed by atoms with Crippen molar-refractivity contribution >= 4 is 33.4 Å². The smallest absolute Gasteiger partial charge is 0.0543 e. The molecule has 1 nitrogen and oxygen atoms in total. The van der Waals surface area contributed by atoms with Gasteiger partial charge in [-0.25, -0.2) is 0 Å². The highest BCUT2D eigenvalue weighted by molar-refractivity contribution is 6.19. The van der Waals surface area contributed by atoms with Gasteiger partial charge in [0.25, 0.3) is 0 Å². The van der Waals surface area contributed by atoms with Gasteiger partial charge in [-0.3, -0.25) is 0 Å². The third-order valence-electron chi connectivity index (χ3n) is 11.4. The van der Waals surface area contributed by atoms with Gasteiger partial charge in [-0.05, 0) is 105 Å². The number of hydrogen-bond acceptors (Lipinski definition) is 1. The molecule has 0 aromatic heterocycles. The third-order valence-corrected chi connectivity index (χ3v) is 11.4. The molecule has 1 fully saturated rings. The monoisotopic (exact) mass is 603 g/mol. The highest BCUT2D eigenvalue weighted by atomic mass is 15.1. The van der Waals surface area contributed by atoms with E-state index in [1.54, 1.807) is 0 Å². The van der Waals surface area contributed by atoms with E-state index >= 15 is 0 Å². The summed E-state index contributed by atoms with van der Waals surface area (Å²) in [4.78, 5) is 2.57. The second kappa shape index (κ2) is 10.4. The first kappa shape index (κ1) is 27.0. The molecule has 10 rings (SSSR count). The number of benzene rings is 6. The van der Waals surface area contributed by atoms with E-state index in [-0.39, 0.29) is 5.41 Å². The average molecular weight is 604 g/mol. The number of anilines is 3. The maximum absolute atomic E-state index is 2.57. The average Bonchev–Trinajstić information content (AvgIpc) is 3.62. The first-order valence-electron chi connectivity index (χ1n) is 17.5. The molecule has 6 aromatic carbocycles. The zero-order valence-corrected chi connectivity index (χ0v) is 26.7. The summed E-state index contributed by atoms with van der Waals surface area (Å²) in [5.41, 5.74) is 17.7. The van der Waals surface area contributed by atoms with Crippen LogP contribution in [0.2, 0.25) is 0 Å². The zero-order valence-electron chi connectivity index (χ0n) is 26.7. The summed E-state index contributed by atoms with van der Waals surface area (Å²) >= 11 is 0. The number of rotatable bonds is 4. The van der Waals surface area contributed by atoms with E-state index in [0.29, 0.717) is 0 Å². The fourth-order valence-electron chi connectivity index (χ4n) is 9.39. The van der Waals surface area contributed by atoms with Gasteiger partial charge in [-0.1, -0.05) is 135 Å². The van der Waals surface area contributed by atoms with Crippen LogP contribution in [0.15, 0.2) is 140 Å². The second-order valence-electron chi connectivity index (χ2n) is 13.8. The Kier molecular flexibility index (Phi) is 6.00. The Morgan fingerprint density at radius 3 is 2.00 bits per heavy atom. The van der Waals surface area contributed by atoms with E-state index < -0.39 is 0 Å². The Hall–Kier alpha value is -5.14. The van der Waals surface area contributed by atoms with E-state index in [2.05, 4.69) is 144 Å². The number of hydrogen-bond donors (Lipinski definition) is 0. The minimum atomic E-state index is 0.110. The van der Waals surface area contributed by atoms with Crippen LogP contribution in [0.25, 0.3) is 49.7 Å². The van der Waals surface area contributed by atoms with Gasteiger partial charge in [0.1, 0.15) is 0 Å². The van der Waals surface area contributed by atoms with Crippen LogP contribution in [0.4, 0.5) is 17.1 Å². The fraction of sp³-hybridized carbons (Fsp3) is 0.174. The van der Waals surface area contributed by atoms with Crippen LogP contribution in [-0.2, 0) is 5.41 Å². The molecule has 0 radical (unpaired) electrons. The molecule has 1 spiro atoms. The molecule has 1 heteroatoms.